The van der Waals surface area contributed by atoms with Gasteiger partial charge in [0.1, 0.15) is 5.60 Å². The second kappa shape index (κ2) is 5.47. The molecular weight excluding hydrogens is 306 g/mol. The van der Waals surface area contributed by atoms with Crippen LogP contribution in [-0.4, -0.2) is 57.3 Å². The first-order valence-electron chi connectivity index (χ1n) is 6.83. The van der Waals surface area contributed by atoms with Crippen LogP contribution < -0.4 is 0 Å². The molecule has 1 fully saturated rings. The molecule has 22 heavy (non-hydrogen) atoms. The average molecular weight is 323 g/mol. The lowest BCUT2D eigenvalue weighted by Crippen LogP contribution is -2.45. The fourth-order valence-electron chi connectivity index (χ4n) is 2.61. The van der Waals surface area contributed by atoms with E-state index < -0.39 is 21.7 Å². The van der Waals surface area contributed by atoms with Crippen molar-refractivity contribution in [1.82, 2.24) is 13.9 Å². The van der Waals surface area contributed by atoms with Crippen LogP contribution in [0.4, 0.5) is 0 Å². The summed E-state index contributed by atoms with van der Waals surface area (Å²) in [6.07, 6.45) is 3.56. The van der Waals surface area contributed by atoms with Crippen LogP contribution in [0, 0.1) is 0 Å². The summed E-state index contributed by atoms with van der Waals surface area (Å²) in [4.78, 5) is 4.02. The lowest BCUT2D eigenvalue weighted by Gasteiger charge is -2.26. The quantitative estimate of drug-likeness (QED) is 0.804. The number of hydrogen-bond acceptors (Lipinski definition) is 5. The smallest absolute Gasteiger partial charge is 0.243 e. The van der Waals surface area contributed by atoms with E-state index in [0.717, 1.165) is 4.31 Å². The monoisotopic (exact) mass is 323 g/mol. The van der Waals surface area contributed by atoms with E-state index in [1.165, 1.54) is 18.5 Å². The van der Waals surface area contributed by atoms with Crippen LogP contribution in [0.1, 0.15) is 0 Å². The Morgan fingerprint density at radius 2 is 2.05 bits per heavy atom. The topological polar surface area (TPSA) is 95.7 Å². The first-order chi connectivity index (χ1) is 10.4. The van der Waals surface area contributed by atoms with Gasteiger partial charge < -0.3 is 14.8 Å². The van der Waals surface area contributed by atoms with Crippen molar-refractivity contribution in [2.45, 2.75) is 23.1 Å². The van der Waals surface area contributed by atoms with Gasteiger partial charge in [0, 0.05) is 25.5 Å². The maximum Gasteiger partial charge on any atom is 0.243 e. The lowest BCUT2D eigenvalue weighted by molar-refractivity contribution is -0.0515. The van der Waals surface area contributed by atoms with Crippen LogP contribution in [0.15, 0.2) is 53.9 Å². The number of imidazole rings is 1. The highest BCUT2D eigenvalue weighted by molar-refractivity contribution is 7.89. The molecule has 2 N–H and O–H groups in total. The summed E-state index contributed by atoms with van der Waals surface area (Å²) in [5, 5.41) is 20.7. The van der Waals surface area contributed by atoms with Crippen LogP contribution in [0.2, 0.25) is 0 Å². The third-order valence-electron chi connectivity index (χ3n) is 3.84. The first kappa shape index (κ1) is 15.2. The summed E-state index contributed by atoms with van der Waals surface area (Å²) in [7, 11) is -3.73. The maximum atomic E-state index is 12.6. The molecule has 0 bridgehead atoms. The van der Waals surface area contributed by atoms with Gasteiger partial charge in [-0.2, -0.15) is 4.31 Å². The maximum absolute atomic E-state index is 12.6. The minimum Gasteiger partial charge on any atom is -0.389 e. The van der Waals surface area contributed by atoms with Crippen molar-refractivity contribution < 1.29 is 18.6 Å². The summed E-state index contributed by atoms with van der Waals surface area (Å²) in [5.41, 5.74) is -1.54. The fraction of sp³-hybridized carbons (Fsp3) is 0.357. The predicted molar refractivity (Wildman–Crippen MR) is 78.4 cm³/mol. The Morgan fingerprint density at radius 1 is 1.32 bits per heavy atom. The highest BCUT2D eigenvalue weighted by Gasteiger charge is 2.48. The van der Waals surface area contributed by atoms with Crippen LogP contribution in [-0.2, 0) is 16.6 Å². The first-order valence-corrected chi connectivity index (χ1v) is 8.27. The molecule has 1 aromatic heterocycles. The minimum absolute atomic E-state index is 0.0783. The van der Waals surface area contributed by atoms with E-state index in [1.807, 2.05) is 0 Å². The molecule has 7 nitrogen and oxygen atoms in total. The third-order valence-corrected chi connectivity index (χ3v) is 5.67. The Morgan fingerprint density at radius 3 is 2.68 bits per heavy atom. The van der Waals surface area contributed by atoms with E-state index in [1.54, 1.807) is 35.2 Å². The summed E-state index contributed by atoms with van der Waals surface area (Å²) >= 11 is 0. The van der Waals surface area contributed by atoms with Gasteiger partial charge in [-0.3, -0.25) is 0 Å². The number of aliphatic hydroxyl groups is 2. The molecule has 1 aliphatic rings. The second-order valence-corrected chi connectivity index (χ2v) is 7.40. The molecule has 0 spiro atoms. The van der Waals surface area contributed by atoms with Crippen LogP contribution >= 0.6 is 0 Å². The van der Waals surface area contributed by atoms with Crippen molar-refractivity contribution in [2.24, 2.45) is 0 Å². The highest BCUT2D eigenvalue weighted by Crippen LogP contribution is 2.28. The third kappa shape index (κ3) is 2.66. The molecule has 2 heterocycles. The van der Waals surface area contributed by atoms with Crippen molar-refractivity contribution in [1.29, 1.82) is 0 Å². The van der Waals surface area contributed by atoms with E-state index >= 15 is 0 Å². The van der Waals surface area contributed by atoms with Gasteiger partial charge in [0.2, 0.25) is 10.0 Å². The number of hydrogen-bond donors (Lipinski definition) is 2. The van der Waals surface area contributed by atoms with E-state index in [0.29, 0.717) is 0 Å². The van der Waals surface area contributed by atoms with Crippen molar-refractivity contribution in [2.75, 3.05) is 13.1 Å². The number of sulfonamides is 1. The Hall–Kier alpha value is -1.74. The molecule has 0 aliphatic carbocycles. The average Bonchev–Trinajstić information content (AvgIpc) is 3.09. The molecule has 0 amide bonds. The summed E-state index contributed by atoms with van der Waals surface area (Å²) in [5.74, 6) is 0. The molecule has 2 atom stereocenters. The molecular formula is C14H17N3O4S. The molecule has 0 unspecified atom stereocenters. The number of benzene rings is 1. The van der Waals surface area contributed by atoms with Gasteiger partial charge in [0.05, 0.1) is 23.9 Å². The van der Waals surface area contributed by atoms with Crippen molar-refractivity contribution in [3.63, 3.8) is 0 Å². The lowest BCUT2D eigenvalue weighted by atomic mass is 10.0. The largest absolute Gasteiger partial charge is 0.389 e. The molecule has 1 aromatic carbocycles. The number of nitrogens with zero attached hydrogens (tertiary/aromatic N) is 3. The normalized spacial score (nSPS) is 26.4. The Bertz CT molecular complexity index is 733. The molecule has 1 saturated heterocycles. The Labute approximate surface area is 128 Å². The molecule has 2 aromatic rings. The molecule has 0 radical (unpaired) electrons. The van der Waals surface area contributed by atoms with Gasteiger partial charge in [0.15, 0.2) is 0 Å². The van der Waals surface area contributed by atoms with Gasteiger partial charge >= 0.3 is 0 Å². The second-order valence-electron chi connectivity index (χ2n) is 5.47. The van der Waals surface area contributed by atoms with E-state index in [9.17, 15) is 18.6 Å². The summed E-state index contributed by atoms with van der Waals surface area (Å²) < 4.78 is 27.8. The zero-order chi connectivity index (χ0) is 15.8. The van der Waals surface area contributed by atoms with Crippen molar-refractivity contribution in [3.05, 3.63) is 49.1 Å². The number of rotatable bonds is 4. The molecule has 8 heteroatoms. The molecule has 118 valence electrons. The number of aromatic nitrogens is 2. The van der Waals surface area contributed by atoms with E-state index in [4.69, 9.17) is 0 Å². The van der Waals surface area contributed by atoms with Gasteiger partial charge in [-0.25, -0.2) is 13.4 Å². The van der Waals surface area contributed by atoms with Crippen molar-refractivity contribution in [3.8, 4) is 0 Å². The van der Waals surface area contributed by atoms with Crippen LogP contribution in [0.3, 0.4) is 0 Å². The van der Waals surface area contributed by atoms with Gasteiger partial charge in [-0.1, -0.05) is 18.2 Å². The molecule has 3 rings (SSSR count). The molecule has 0 saturated carbocycles. The van der Waals surface area contributed by atoms with Gasteiger partial charge in [-0.15, -0.1) is 0 Å². The SMILES string of the molecule is O=S(=O)(c1ccccc1)N1C[C@@H](O)[C@](O)(Cn2ccnc2)C1. The zero-order valence-corrected chi connectivity index (χ0v) is 12.6. The van der Waals surface area contributed by atoms with Crippen LogP contribution in [0.5, 0.6) is 0 Å². The standard InChI is InChI=1S/C14H17N3O4S/c18-13-8-17(22(20,21)12-4-2-1-3-5-12)10-14(13,19)9-16-7-6-15-11-16/h1-7,11,13,18-19H,8-10H2/t13-,14+/m1/s1. The Balaban J connectivity index is 1.84. The predicted octanol–water partition coefficient (Wildman–Crippen LogP) is -0.320. The van der Waals surface area contributed by atoms with Crippen LogP contribution in [0.25, 0.3) is 0 Å². The zero-order valence-electron chi connectivity index (χ0n) is 11.8. The van der Waals surface area contributed by atoms with E-state index in [2.05, 4.69) is 4.98 Å². The van der Waals surface area contributed by atoms with E-state index in [-0.39, 0.29) is 24.5 Å². The summed E-state index contributed by atoms with van der Waals surface area (Å²) in [6, 6.07) is 7.99. The van der Waals surface area contributed by atoms with Gasteiger partial charge in [0.25, 0.3) is 0 Å². The molecule has 1 aliphatic heterocycles. The summed E-state index contributed by atoms with van der Waals surface area (Å²) in [6.45, 7) is -0.221. The fourth-order valence-corrected chi connectivity index (χ4v) is 4.14. The number of aliphatic hydroxyl groups excluding tert-OH is 1. The van der Waals surface area contributed by atoms with Gasteiger partial charge in [-0.05, 0) is 12.1 Å². The number of β-amino-alcohol motifs (C(OH)–C–C–N with tert-alkyl or cyclic N) is 2. The Kier molecular flexibility index (Phi) is 3.77. The highest BCUT2D eigenvalue weighted by atomic mass is 32.2. The van der Waals surface area contributed by atoms with Crippen molar-refractivity contribution >= 4 is 10.0 Å². The minimum atomic E-state index is -3.73.